The maximum Gasteiger partial charge on any atom is 0.243 e. The molecule has 1 aliphatic rings. The van der Waals surface area contributed by atoms with Gasteiger partial charge in [-0.15, -0.1) is 0 Å². The Balaban J connectivity index is 1.97. The number of carbonyl (C=O) groups is 1. The highest BCUT2D eigenvalue weighted by Gasteiger charge is 2.29. The molecule has 0 unspecified atom stereocenters. The molecular formula is C19H31N3O4S. The fourth-order valence-corrected chi connectivity index (χ4v) is 4.61. The molecule has 0 spiro atoms. The van der Waals surface area contributed by atoms with Crippen molar-refractivity contribution in [2.75, 3.05) is 44.4 Å². The maximum absolute atomic E-state index is 12.6. The van der Waals surface area contributed by atoms with Gasteiger partial charge < -0.3 is 15.0 Å². The minimum Gasteiger partial charge on any atom is -0.497 e. The minimum absolute atomic E-state index is 0.288. The highest BCUT2D eigenvalue weighted by atomic mass is 32.2. The molecule has 0 radical (unpaired) electrons. The topological polar surface area (TPSA) is 79.0 Å². The van der Waals surface area contributed by atoms with Crippen molar-refractivity contribution in [2.45, 2.75) is 32.2 Å². The van der Waals surface area contributed by atoms with Crippen molar-refractivity contribution in [1.82, 2.24) is 10.2 Å². The number of anilines is 1. The van der Waals surface area contributed by atoms with E-state index >= 15 is 0 Å². The summed E-state index contributed by atoms with van der Waals surface area (Å²) >= 11 is 0. The molecule has 1 aromatic rings. The van der Waals surface area contributed by atoms with Gasteiger partial charge in [0.15, 0.2) is 0 Å². The first kappa shape index (κ1) is 21.5. The van der Waals surface area contributed by atoms with E-state index in [1.165, 1.54) is 0 Å². The number of carbonyl (C=O) groups excluding carboxylic acids is 1. The number of benzene rings is 1. The largest absolute Gasteiger partial charge is 0.497 e. The van der Waals surface area contributed by atoms with Crippen molar-refractivity contribution in [3.8, 4) is 5.75 Å². The number of methoxy groups -OCH3 is 1. The number of nitrogens with zero attached hydrogens (tertiary/aromatic N) is 2. The van der Waals surface area contributed by atoms with Crippen molar-refractivity contribution in [2.24, 2.45) is 5.92 Å². The van der Waals surface area contributed by atoms with Crippen molar-refractivity contribution >= 4 is 21.6 Å². The molecule has 0 aliphatic carbocycles. The predicted octanol–water partition coefficient (Wildman–Crippen LogP) is 1.70. The van der Waals surface area contributed by atoms with Gasteiger partial charge in [0.1, 0.15) is 11.8 Å². The highest BCUT2D eigenvalue weighted by Crippen LogP contribution is 2.24. The smallest absolute Gasteiger partial charge is 0.243 e. The Morgan fingerprint density at radius 2 is 1.89 bits per heavy atom. The third-order valence-corrected chi connectivity index (χ3v) is 6.35. The quantitative estimate of drug-likeness (QED) is 0.722. The number of hydrogen-bond acceptors (Lipinski definition) is 5. The summed E-state index contributed by atoms with van der Waals surface area (Å²) in [5, 5.41) is 2.90. The van der Waals surface area contributed by atoms with E-state index in [1.54, 1.807) is 38.3 Å². The lowest BCUT2D eigenvalue weighted by molar-refractivity contribution is -0.121. The molecule has 0 aromatic heterocycles. The van der Waals surface area contributed by atoms with Crippen LogP contribution in [-0.4, -0.2) is 65.3 Å². The van der Waals surface area contributed by atoms with Crippen LogP contribution in [0, 0.1) is 5.92 Å². The van der Waals surface area contributed by atoms with E-state index in [0.717, 1.165) is 42.9 Å². The van der Waals surface area contributed by atoms with Crippen LogP contribution in [-0.2, 0) is 14.8 Å². The van der Waals surface area contributed by atoms with Gasteiger partial charge in [-0.25, -0.2) is 8.42 Å². The second kappa shape index (κ2) is 9.41. The average molecular weight is 398 g/mol. The standard InChI is InChI=1S/C19H31N3O4S/c1-15(19(23)20-12-9-16-10-13-21(2)14-11-16)22(27(4,24)25)17-5-7-18(26-3)8-6-17/h5-8,15-16H,9-14H2,1-4H3,(H,20,23)/t15-/m1/s1. The third kappa shape index (κ3) is 6.10. The van der Waals surface area contributed by atoms with E-state index in [4.69, 9.17) is 4.74 Å². The van der Waals surface area contributed by atoms with Gasteiger partial charge in [0.25, 0.3) is 0 Å². The minimum atomic E-state index is -3.61. The van der Waals surface area contributed by atoms with Crippen LogP contribution < -0.4 is 14.4 Å². The first-order chi connectivity index (χ1) is 12.7. The van der Waals surface area contributed by atoms with Gasteiger partial charge in [-0.1, -0.05) is 0 Å². The molecular weight excluding hydrogens is 366 g/mol. The lowest BCUT2D eigenvalue weighted by Crippen LogP contribution is -2.48. The third-order valence-electron chi connectivity index (χ3n) is 5.11. The van der Waals surface area contributed by atoms with Gasteiger partial charge in [-0.2, -0.15) is 0 Å². The van der Waals surface area contributed by atoms with Crippen molar-refractivity contribution in [1.29, 1.82) is 0 Å². The lowest BCUT2D eigenvalue weighted by atomic mass is 9.94. The number of rotatable bonds is 8. The van der Waals surface area contributed by atoms with Gasteiger partial charge in [0, 0.05) is 6.54 Å². The Morgan fingerprint density at radius 1 is 1.30 bits per heavy atom. The van der Waals surface area contributed by atoms with Crippen LogP contribution in [0.3, 0.4) is 0 Å². The molecule has 2 rings (SSSR count). The van der Waals surface area contributed by atoms with E-state index in [0.29, 0.717) is 23.9 Å². The average Bonchev–Trinajstić information content (AvgIpc) is 2.62. The first-order valence-electron chi connectivity index (χ1n) is 9.32. The molecule has 1 heterocycles. The fraction of sp³-hybridized carbons (Fsp3) is 0.632. The summed E-state index contributed by atoms with van der Waals surface area (Å²) in [5.74, 6) is 0.955. The van der Waals surface area contributed by atoms with Crippen LogP contribution >= 0.6 is 0 Å². The van der Waals surface area contributed by atoms with E-state index in [-0.39, 0.29) is 5.91 Å². The van der Waals surface area contributed by atoms with Crippen LogP contribution in [0.1, 0.15) is 26.2 Å². The van der Waals surface area contributed by atoms with E-state index in [2.05, 4.69) is 17.3 Å². The Hall–Kier alpha value is -1.80. The molecule has 0 saturated carbocycles. The SMILES string of the molecule is COc1ccc(N([C@H](C)C(=O)NCCC2CCN(C)CC2)S(C)(=O)=O)cc1. The molecule has 1 aliphatic heterocycles. The molecule has 1 atom stereocenters. The number of sulfonamides is 1. The number of ether oxygens (including phenoxy) is 1. The molecule has 1 aromatic carbocycles. The highest BCUT2D eigenvalue weighted by molar-refractivity contribution is 7.92. The predicted molar refractivity (Wildman–Crippen MR) is 108 cm³/mol. The summed E-state index contributed by atoms with van der Waals surface area (Å²) in [6.07, 6.45) is 4.32. The van der Waals surface area contributed by atoms with E-state index in [9.17, 15) is 13.2 Å². The van der Waals surface area contributed by atoms with Crippen LogP contribution in [0.5, 0.6) is 5.75 Å². The lowest BCUT2D eigenvalue weighted by Gasteiger charge is -2.30. The number of piperidine rings is 1. The molecule has 7 nitrogen and oxygen atoms in total. The van der Waals surface area contributed by atoms with Crippen molar-refractivity contribution in [3.05, 3.63) is 24.3 Å². The Labute approximate surface area is 162 Å². The zero-order chi connectivity index (χ0) is 20.0. The summed E-state index contributed by atoms with van der Waals surface area (Å²) in [6.45, 7) is 4.36. The molecule has 1 amide bonds. The van der Waals surface area contributed by atoms with Crippen LogP contribution in [0.15, 0.2) is 24.3 Å². The van der Waals surface area contributed by atoms with Gasteiger partial charge in [0.05, 0.1) is 19.1 Å². The Bertz CT molecular complexity index is 713. The van der Waals surface area contributed by atoms with Gasteiger partial charge in [-0.3, -0.25) is 9.10 Å². The molecule has 1 fully saturated rings. The molecule has 27 heavy (non-hydrogen) atoms. The van der Waals surface area contributed by atoms with Gasteiger partial charge in [-0.05, 0) is 76.5 Å². The number of likely N-dealkylation sites (tertiary alicyclic amines) is 1. The summed E-state index contributed by atoms with van der Waals surface area (Å²) in [6, 6.07) is 5.81. The normalized spacial score (nSPS) is 17.3. The van der Waals surface area contributed by atoms with E-state index in [1.807, 2.05) is 0 Å². The summed E-state index contributed by atoms with van der Waals surface area (Å²) in [5.41, 5.74) is 0.441. The Morgan fingerprint density at radius 3 is 2.41 bits per heavy atom. The van der Waals surface area contributed by atoms with Crippen molar-refractivity contribution < 1.29 is 17.9 Å². The van der Waals surface area contributed by atoms with Gasteiger partial charge in [0.2, 0.25) is 15.9 Å². The van der Waals surface area contributed by atoms with Crippen LogP contribution in [0.2, 0.25) is 0 Å². The maximum atomic E-state index is 12.6. The van der Waals surface area contributed by atoms with Crippen molar-refractivity contribution in [3.63, 3.8) is 0 Å². The summed E-state index contributed by atoms with van der Waals surface area (Å²) < 4.78 is 30.8. The fourth-order valence-electron chi connectivity index (χ4n) is 3.44. The number of nitrogens with one attached hydrogen (secondary N) is 1. The second-order valence-electron chi connectivity index (χ2n) is 7.26. The molecule has 152 valence electrons. The molecule has 0 bridgehead atoms. The monoisotopic (exact) mass is 397 g/mol. The number of amides is 1. The van der Waals surface area contributed by atoms with Crippen LogP contribution in [0.4, 0.5) is 5.69 Å². The zero-order valence-electron chi connectivity index (χ0n) is 16.6. The summed E-state index contributed by atoms with van der Waals surface area (Å²) in [7, 11) is 0.0617. The van der Waals surface area contributed by atoms with Crippen LogP contribution in [0.25, 0.3) is 0 Å². The number of hydrogen-bond donors (Lipinski definition) is 1. The molecule has 1 N–H and O–H groups in total. The molecule has 8 heteroatoms. The zero-order valence-corrected chi connectivity index (χ0v) is 17.5. The van der Waals surface area contributed by atoms with E-state index < -0.39 is 16.1 Å². The Kier molecular flexibility index (Phi) is 7.49. The first-order valence-corrected chi connectivity index (χ1v) is 11.2. The van der Waals surface area contributed by atoms with Gasteiger partial charge >= 0.3 is 0 Å². The second-order valence-corrected chi connectivity index (χ2v) is 9.12. The summed E-state index contributed by atoms with van der Waals surface area (Å²) in [4.78, 5) is 14.9. The molecule has 1 saturated heterocycles.